The Balaban J connectivity index is 1.98. The lowest BCUT2D eigenvalue weighted by atomic mass is 9.93. The van der Waals surface area contributed by atoms with E-state index in [1.807, 2.05) is 30.3 Å². The highest BCUT2D eigenvalue weighted by molar-refractivity contribution is 6.00. The lowest BCUT2D eigenvalue weighted by Gasteiger charge is -2.16. The Kier molecular flexibility index (Phi) is 5.62. The molecule has 4 nitrogen and oxygen atoms in total. The van der Waals surface area contributed by atoms with Crippen LogP contribution in [0.3, 0.4) is 0 Å². The third kappa shape index (κ3) is 4.07. The van der Waals surface area contributed by atoms with Gasteiger partial charge in [-0.3, -0.25) is 9.59 Å². The second-order valence-corrected chi connectivity index (χ2v) is 7.19. The van der Waals surface area contributed by atoms with E-state index >= 15 is 0 Å². The normalized spacial score (nSPS) is 19.8. The lowest BCUT2D eigenvalue weighted by Crippen LogP contribution is -2.14. The highest BCUT2D eigenvalue weighted by Crippen LogP contribution is 2.41. The molecule has 1 saturated carbocycles. The number of nitrogens with zero attached hydrogens (tertiary/aromatic N) is 1. The van der Waals surface area contributed by atoms with E-state index in [1.54, 1.807) is 19.1 Å². The van der Waals surface area contributed by atoms with Gasteiger partial charge in [-0.1, -0.05) is 44.2 Å². The molecule has 2 aromatic rings. The molecule has 0 aliphatic heterocycles. The maximum absolute atomic E-state index is 12.7. The molecular weight excluding hydrogens is 326 g/mol. The number of ketones is 2. The Labute approximate surface area is 154 Å². The second kappa shape index (κ2) is 7.92. The van der Waals surface area contributed by atoms with Crippen LogP contribution in [0.2, 0.25) is 0 Å². The summed E-state index contributed by atoms with van der Waals surface area (Å²) in [4.78, 5) is 29.4. The zero-order chi connectivity index (χ0) is 18.7. The van der Waals surface area contributed by atoms with Gasteiger partial charge in [0.25, 0.3) is 0 Å². The van der Waals surface area contributed by atoms with Gasteiger partial charge in [-0.25, -0.2) is 4.98 Å². The van der Waals surface area contributed by atoms with Gasteiger partial charge in [0.05, 0.1) is 12.3 Å². The summed E-state index contributed by atoms with van der Waals surface area (Å²) in [6, 6.07) is 12.9. The second-order valence-electron chi connectivity index (χ2n) is 7.19. The maximum Gasteiger partial charge on any atom is 0.180 e. The number of aromatic nitrogens is 1. The van der Waals surface area contributed by atoms with E-state index in [-0.39, 0.29) is 24.1 Å². The van der Waals surface area contributed by atoms with Crippen molar-refractivity contribution in [1.82, 2.24) is 4.98 Å². The summed E-state index contributed by atoms with van der Waals surface area (Å²) in [6.07, 6.45) is 1.94. The third-order valence-electron chi connectivity index (χ3n) is 5.24. The number of rotatable bonds is 8. The highest BCUT2D eigenvalue weighted by Gasteiger charge is 2.34. The Morgan fingerprint density at radius 1 is 1.19 bits per heavy atom. The van der Waals surface area contributed by atoms with Crippen LogP contribution in [0.1, 0.15) is 71.1 Å². The molecule has 26 heavy (non-hydrogen) atoms. The van der Waals surface area contributed by atoms with Crippen molar-refractivity contribution in [3.63, 3.8) is 0 Å². The molecule has 0 amide bonds. The van der Waals surface area contributed by atoms with Gasteiger partial charge in [-0.2, -0.15) is 0 Å². The zero-order valence-corrected chi connectivity index (χ0v) is 15.3. The molecule has 1 aromatic carbocycles. The van der Waals surface area contributed by atoms with Crippen LogP contribution in [0.5, 0.6) is 0 Å². The Morgan fingerprint density at radius 3 is 2.46 bits per heavy atom. The summed E-state index contributed by atoms with van der Waals surface area (Å²) in [7, 11) is 0. The van der Waals surface area contributed by atoms with Crippen molar-refractivity contribution in [3.05, 3.63) is 65.0 Å². The predicted octanol–water partition coefficient (Wildman–Crippen LogP) is 4.03. The summed E-state index contributed by atoms with van der Waals surface area (Å²) >= 11 is 0. The van der Waals surface area contributed by atoms with E-state index in [1.165, 1.54) is 0 Å². The third-order valence-corrected chi connectivity index (χ3v) is 5.24. The molecule has 136 valence electrons. The fourth-order valence-electron chi connectivity index (χ4n) is 3.31. The molecule has 1 aliphatic rings. The van der Waals surface area contributed by atoms with Crippen molar-refractivity contribution in [2.45, 2.75) is 39.0 Å². The Bertz CT molecular complexity index is 800. The fraction of sp³-hybridized carbons (Fsp3) is 0.409. The molecule has 0 spiro atoms. The van der Waals surface area contributed by atoms with Crippen molar-refractivity contribution in [2.24, 2.45) is 11.8 Å². The molecule has 1 N–H and O–H groups in total. The van der Waals surface area contributed by atoms with E-state index < -0.39 is 0 Å². The standard InChI is InChI=1S/C22H25NO3/c1-3-21(25)20-11-17(22(26)12-16-9-14(16)2)10-19(23-20)18(13-24)15-7-5-4-6-8-15/h4-8,10-11,14,16,18,24H,3,9,12-13H2,1-2H3/t14-,16+,18?/m0/s1. The van der Waals surface area contributed by atoms with Gasteiger partial charge in [0, 0.05) is 24.3 Å². The van der Waals surface area contributed by atoms with Gasteiger partial charge < -0.3 is 5.11 Å². The first-order chi connectivity index (χ1) is 12.5. The highest BCUT2D eigenvalue weighted by atomic mass is 16.3. The largest absolute Gasteiger partial charge is 0.395 e. The van der Waals surface area contributed by atoms with Gasteiger partial charge in [0.1, 0.15) is 5.69 Å². The molecule has 0 bridgehead atoms. The number of Topliss-reactive ketones (excluding diaryl/α,β-unsaturated/α-hetero) is 2. The molecule has 1 aliphatic carbocycles. The fourth-order valence-corrected chi connectivity index (χ4v) is 3.31. The SMILES string of the molecule is CCC(=O)c1cc(C(=O)C[C@H]2C[C@@H]2C)cc(C(CO)c2ccccc2)n1. The first-order valence-corrected chi connectivity index (χ1v) is 9.27. The topological polar surface area (TPSA) is 67.3 Å². The Morgan fingerprint density at radius 2 is 1.88 bits per heavy atom. The van der Waals surface area contributed by atoms with E-state index in [2.05, 4.69) is 11.9 Å². The number of pyridine rings is 1. The smallest absolute Gasteiger partial charge is 0.180 e. The minimum atomic E-state index is -0.354. The van der Waals surface area contributed by atoms with Crippen LogP contribution in [-0.4, -0.2) is 28.3 Å². The number of aliphatic hydroxyl groups excluding tert-OH is 1. The summed E-state index contributed by atoms with van der Waals surface area (Å²) in [5, 5.41) is 9.93. The van der Waals surface area contributed by atoms with E-state index in [9.17, 15) is 14.7 Å². The molecule has 1 aromatic heterocycles. The number of carbonyl (C=O) groups is 2. The van der Waals surface area contributed by atoms with Crippen LogP contribution in [0.4, 0.5) is 0 Å². The molecule has 1 heterocycles. The minimum absolute atomic E-state index is 0.0536. The number of hydrogen-bond donors (Lipinski definition) is 1. The number of hydrogen-bond acceptors (Lipinski definition) is 4. The van der Waals surface area contributed by atoms with Crippen LogP contribution in [0.15, 0.2) is 42.5 Å². The predicted molar refractivity (Wildman–Crippen MR) is 100 cm³/mol. The van der Waals surface area contributed by atoms with Crippen molar-refractivity contribution in [3.8, 4) is 0 Å². The quantitative estimate of drug-likeness (QED) is 0.729. The molecule has 1 fully saturated rings. The molecule has 0 radical (unpaired) electrons. The van der Waals surface area contributed by atoms with Crippen LogP contribution in [-0.2, 0) is 0 Å². The first-order valence-electron chi connectivity index (χ1n) is 9.27. The molecular formula is C22H25NO3. The number of carbonyl (C=O) groups excluding carboxylic acids is 2. The van der Waals surface area contributed by atoms with Crippen molar-refractivity contribution in [2.75, 3.05) is 6.61 Å². The summed E-state index contributed by atoms with van der Waals surface area (Å²) in [5.41, 5.74) is 2.33. The van der Waals surface area contributed by atoms with Crippen LogP contribution < -0.4 is 0 Å². The average Bonchev–Trinajstić information content (AvgIpc) is 3.36. The maximum atomic E-state index is 12.7. The van der Waals surface area contributed by atoms with Gasteiger partial charge in [0.2, 0.25) is 0 Å². The van der Waals surface area contributed by atoms with Crippen molar-refractivity contribution < 1.29 is 14.7 Å². The van der Waals surface area contributed by atoms with Crippen LogP contribution >= 0.6 is 0 Å². The van der Waals surface area contributed by atoms with E-state index in [4.69, 9.17) is 0 Å². The summed E-state index contributed by atoms with van der Waals surface area (Å²) in [6.45, 7) is 3.80. The first kappa shape index (κ1) is 18.5. The van der Waals surface area contributed by atoms with Crippen LogP contribution in [0, 0.1) is 11.8 Å². The van der Waals surface area contributed by atoms with Crippen molar-refractivity contribution in [1.29, 1.82) is 0 Å². The van der Waals surface area contributed by atoms with Gasteiger partial charge in [0.15, 0.2) is 11.6 Å². The molecule has 3 rings (SSSR count). The number of aliphatic hydroxyl groups is 1. The van der Waals surface area contributed by atoms with Gasteiger partial charge >= 0.3 is 0 Å². The average molecular weight is 351 g/mol. The van der Waals surface area contributed by atoms with E-state index in [0.29, 0.717) is 41.6 Å². The lowest BCUT2D eigenvalue weighted by molar-refractivity contribution is 0.0974. The number of benzene rings is 1. The summed E-state index contributed by atoms with van der Waals surface area (Å²) < 4.78 is 0. The zero-order valence-electron chi connectivity index (χ0n) is 15.3. The van der Waals surface area contributed by atoms with Crippen LogP contribution in [0.25, 0.3) is 0 Å². The van der Waals surface area contributed by atoms with E-state index in [0.717, 1.165) is 12.0 Å². The molecule has 0 saturated heterocycles. The molecule has 3 atom stereocenters. The Hall–Kier alpha value is -2.33. The molecule has 4 heteroatoms. The van der Waals surface area contributed by atoms with Gasteiger partial charge in [-0.05, 0) is 36.0 Å². The van der Waals surface area contributed by atoms with Crippen molar-refractivity contribution >= 4 is 11.6 Å². The molecule has 1 unspecified atom stereocenters. The minimum Gasteiger partial charge on any atom is -0.395 e. The summed E-state index contributed by atoms with van der Waals surface area (Å²) in [5.74, 6) is 0.661. The van der Waals surface area contributed by atoms with Gasteiger partial charge in [-0.15, -0.1) is 0 Å². The monoisotopic (exact) mass is 351 g/mol.